The van der Waals surface area contributed by atoms with E-state index in [1.807, 2.05) is 13.0 Å². The lowest BCUT2D eigenvalue weighted by Gasteiger charge is -2.07. The predicted octanol–water partition coefficient (Wildman–Crippen LogP) is 1.54. The molecule has 3 aromatic rings. The normalized spacial score (nSPS) is 11.4. The molecular weight excluding hydrogens is 342 g/mol. The van der Waals surface area contributed by atoms with Crippen molar-refractivity contribution in [1.29, 1.82) is 0 Å². The Morgan fingerprint density at radius 3 is 2.68 bits per heavy atom. The van der Waals surface area contributed by atoms with Gasteiger partial charge in [0.2, 0.25) is 10.0 Å². The topological polar surface area (TPSA) is 99.0 Å². The summed E-state index contributed by atoms with van der Waals surface area (Å²) < 4.78 is 34.0. The zero-order valence-electron chi connectivity index (χ0n) is 13.5. The van der Waals surface area contributed by atoms with Gasteiger partial charge in [-0.25, -0.2) is 17.8 Å². The molecule has 0 fully saturated rings. The van der Waals surface area contributed by atoms with Crippen molar-refractivity contribution in [1.82, 2.24) is 24.7 Å². The first-order valence-corrected chi connectivity index (χ1v) is 9.11. The molecule has 0 saturated heterocycles. The minimum atomic E-state index is -3.64. The molecule has 0 saturated carbocycles. The van der Waals surface area contributed by atoms with E-state index in [-0.39, 0.29) is 11.4 Å². The zero-order chi connectivity index (χ0) is 17.7. The molecule has 0 unspecified atom stereocenters. The van der Waals surface area contributed by atoms with Crippen LogP contribution in [0.3, 0.4) is 0 Å². The number of ether oxygens (including phenoxy) is 1. The second-order valence-electron chi connectivity index (χ2n) is 5.09. The number of hydrogen-bond acceptors (Lipinski definition) is 6. The Kier molecular flexibility index (Phi) is 5.05. The number of sulfonamides is 1. The summed E-state index contributed by atoms with van der Waals surface area (Å²) in [5, 5.41) is 7.93. The summed E-state index contributed by atoms with van der Waals surface area (Å²) in [7, 11) is -3.64. The van der Waals surface area contributed by atoms with E-state index in [1.54, 1.807) is 36.8 Å². The van der Waals surface area contributed by atoms with Crippen molar-refractivity contribution in [3.05, 3.63) is 60.7 Å². The highest BCUT2D eigenvalue weighted by Gasteiger charge is 2.15. The summed E-state index contributed by atoms with van der Waals surface area (Å²) >= 11 is 0. The van der Waals surface area contributed by atoms with Gasteiger partial charge in [-0.05, 0) is 43.3 Å². The van der Waals surface area contributed by atoms with Crippen LogP contribution in [0.2, 0.25) is 0 Å². The summed E-state index contributed by atoms with van der Waals surface area (Å²) in [6, 6.07) is 9.86. The summed E-state index contributed by atoms with van der Waals surface area (Å²) in [6.45, 7) is 2.43. The van der Waals surface area contributed by atoms with Gasteiger partial charge in [0.05, 0.1) is 41.8 Å². The highest BCUT2D eigenvalue weighted by atomic mass is 32.2. The summed E-state index contributed by atoms with van der Waals surface area (Å²) in [5.74, 6) is 0.626. The Morgan fingerprint density at radius 1 is 1.20 bits per heavy atom. The fraction of sp³-hybridized carbons (Fsp3) is 0.188. The Labute approximate surface area is 145 Å². The molecule has 0 spiro atoms. The highest BCUT2D eigenvalue weighted by molar-refractivity contribution is 7.89. The lowest BCUT2D eigenvalue weighted by molar-refractivity contribution is 0.340. The molecule has 8 nitrogen and oxygen atoms in total. The number of nitrogens with zero attached hydrogens (tertiary/aromatic N) is 4. The smallest absolute Gasteiger partial charge is 0.240 e. The first kappa shape index (κ1) is 17.1. The molecule has 0 bridgehead atoms. The molecule has 0 atom stereocenters. The fourth-order valence-electron chi connectivity index (χ4n) is 2.13. The maximum Gasteiger partial charge on any atom is 0.240 e. The monoisotopic (exact) mass is 359 g/mol. The maximum absolute atomic E-state index is 12.3. The average molecular weight is 359 g/mol. The van der Waals surface area contributed by atoms with Crippen LogP contribution in [0, 0.1) is 0 Å². The molecule has 0 aliphatic heterocycles. The molecule has 25 heavy (non-hydrogen) atoms. The van der Waals surface area contributed by atoms with Gasteiger partial charge in [-0.3, -0.25) is 4.98 Å². The molecule has 2 aromatic heterocycles. The first-order chi connectivity index (χ1) is 12.1. The van der Waals surface area contributed by atoms with Crippen LogP contribution in [0.4, 0.5) is 0 Å². The van der Waals surface area contributed by atoms with Gasteiger partial charge in [0.1, 0.15) is 5.75 Å². The molecule has 3 rings (SSSR count). The van der Waals surface area contributed by atoms with Gasteiger partial charge in [-0.15, -0.1) is 5.10 Å². The predicted molar refractivity (Wildman–Crippen MR) is 90.8 cm³/mol. The average Bonchev–Trinajstić information content (AvgIpc) is 3.11. The number of nitrogens with one attached hydrogen (secondary N) is 1. The van der Waals surface area contributed by atoms with Gasteiger partial charge in [0.15, 0.2) is 0 Å². The molecule has 0 aliphatic rings. The van der Waals surface area contributed by atoms with Gasteiger partial charge in [-0.1, -0.05) is 5.21 Å². The molecule has 1 N–H and O–H groups in total. The minimum Gasteiger partial charge on any atom is -0.494 e. The van der Waals surface area contributed by atoms with Crippen molar-refractivity contribution in [3.63, 3.8) is 0 Å². The Morgan fingerprint density at radius 2 is 2.00 bits per heavy atom. The van der Waals surface area contributed by atoms with Crippen molar-refractivity contribution >= 4 is 10.0 Å². The van der Waals surface area contributed by atoms with Crippen LogP contribution in [0.15, 0.2) is 59.9 Å². The van der Waals surface area contributed by atoms with E-state index in [0.29, 0.717) is 18.1 Å². The van der Waals surface area contributed by atoms with Crippen LogP contribution in [0.25, 0.3) is 5.69 Å². The highest BCUT2D eigenvalue weighted by Crippen LogP contribution is 2.16. The minimum absolute atomic E-state index is 0.0375. The number of hydrogen-bond donors (Lipinski definition) is 1. The van der Waals surface area contributed by atoms with Crippen LogP contribution < -0.4 is 9.46 Å². The van der Waals surface area contributed by atoms with Gasteiger partial charge < -0.3 is 4.74 Å². The maximum atomic E-state index is 12.3. The van der Waals surface area contributed by atoms with E-state index in [0.717, 1.165) is 5.69 Å². The molecule has 0 radical (unpaired) electrons. The Bertz CT molecular complexity index is 924. The van der Waals surface area contributed by atoms with Gasteiger partial charge in [0, 0.05) is 6.20 Å². The number of pyridine rings is 1. The van der Waals surface area contributed by atoms with Crippen molar-refractivity contribution in [2.24, 2.45) is 0 Å². The van der Waals surface area contributed by atoms with E-state index >= 15 is 0 Å². The largest absolute Gasteiger partial charge is 0.494 e. The van der Waals surface area contributed by atoms with Crippen molar-refractivity contribution in [3.8, 4) is 11.4 Å². The quantitative estimate of drug-likeness (QED) is 0.687. The van der Waals surface area contributed by atoms with Gasteiger partial charge in [-0.2, -0.15) is 0 Å². The molecule has 9 heteroatoms. The third-order valence-corrected chi connectivity index (χ3v) is 4.76. The van der Waals surface area contributed by atoms with E-state index in [9.17, 15) is 8.42 Å². The zero-order valence-corrected chi connectivity index (χ0v) is 14.3. The third-order valence-electron chi connectivity index (χ3n) is 3.34. The standard InChI is InChI=1S/C16H17N5O3S/c1-2-24-15-5-7-16(8-6-15)25(22,23)18-10-13-12-21(20-19-13)14-4-3-9-17-11-14/h3-9,11-12,18H,2,10H2,1H3. The Balaban J connectivity index is 1.67. The van der Waals surface area contributed by atoms with Crippen LogP contribution in [0.5, 0.6) is 5.75 Å². The summed E-state index contributed by atoms with van der Waals surface area (Å²) in [4.78, 5) is 4.17. The van der Waals surface area contributed by atoms with Gasteiger partial charge >= 0.3 is 0 Å². The number of rotatable bonds is 7. The Hall–Kier alpha value is -2.78. The van der Waals surface area contributed by atoms with Crippen LogP contribution in [0.1, 0.15) is 12.6 Å². The molecule has 130 valence electrons. The van der Waals surface area contributed by atoms with Crippen LogP contribution in [-0.2, 0) is 16.6 Å². The van der Waals surface area contributed by atoms with Crippen molar-refractivity contribution in [2.45, 2.75) is 18.4 Å². The first-order valence-electron chi connectivity index (χ1n) is 7.62. The fourth-order valence-corrected chi connectivity index (χ4v) is 3.13. The second kappa shape index (κ2) is 7.41. The van der Waals surface area contributed by atoms with E-state index in [1.165, 1.54) is 16.8 Å². The summed E-state index contributed by atoms with van der Waals surface area (Å²) in [6.07, 6.45) is 4.95. The van der Waals surface area contributed by atoms with Crippen molar-refractivity contribution in [2.75, 3.05) is 6.61 Å². The van der Waals surface area contributed by atoms with Crippen LogP contribution in [-0.4, -0.2) is 35.0 Å². The SMILES string of the molecule is CCOc1ccc(S(=O)(=O)NCc2cn(-c3cccnc3)nn2)cc1. The van der Waals surface area contributed by atoms with Crippen molar-refractivity contribution < 1.29 is 13.2 Å². The molecule has 0 aliphatic carbocycles. The molecule has 1 aromatic carbocycles. The molecule has 2 heterocycles. The van der Waals surface area contributed by atoms with E-state index < -0.39 is 10.0 Å². The van der Waals surface area contributed by atoms with Gasteiger partial charge in [0.25, 0.3) is 0 Å². The molecule has 0 amide bonds. The number of benzene rings is 1. The molecular formula is C16H17N5O3S. The van der Waals surface area contributed by atoms with E-state index in [2.05, 4.69) is 20.0 Å². The third kappa shape index (κ3) is 4.20. The number of aromatic nitrogens is 4. The second-order valence-corrected chi connectivity index (χ2v) is 6.86. The lowest BCUT2D eigenvalue weighted by atomic mass is 10.3. The summed E-state index contributed by atoms with van der Waals surface area (Å²) in [5.41, 5.74) is 1.24. The van der Waals surface area contributed by atoms with Crippen LogP contribution >= 0.6 is 0 Å². The lowest BCUT2D eigenvalue weighted by Crippen LogP contribution is -2.23. The van der Waals surface area contributed by atoms with E-state index in [4.69, 9.17) is 4.74 Å².